The highest BCUT2D eigenvalue weighted by Crippen LogP contribution is 2.25. The standard InChI is InChI=1S/C14H24N2O/c1-4-15-9-14-11(2)8-13(17-14)10-16(3)12-6-5-7-12/h8,12,15H,4-7,9-10H2,1-3H3. The van der Waals surface area contributed by atoms with E-state index in [0.717, 1.165) is 37.2 Å². The van der Waals surface area contributed by atoms with Gasteiger partial charge in [0.1, 0.15) is 11.5 Å². The first-order valence-corrected chi connectivity index (χ1v) is 6.70. The predicted molar refractivity (Wildman–Crippen MR) is 69.9 cm³/mol. The van der Waals surface area contributed by atoms with Crippen molar-refractivity contribution >= 4 is 0 Å². The van der Waals surface area contributed by atoms with Crippen LogP contribution in [-0.4, -0.2) is 24.5 Å². The topological polar surface area (TPSA) is 28.4 Å². The maximum Gasteiger partial charge on any atom is 0.120 e. The number of nitrogens with zero attached hydrogens (tertiary/aromatic N) is 1. The minimum Gasteiger partial charge on any atom is -0.463 e. The molecule has 1 heterocycles. The summed E-state index contributed by atoms with van der Waals surface area (Å²) in [5, 5.41) is 3.31. The van der Waals surface area contributed by atoms with Gasteiger partial charge in [-0.1, -0.05) is 13.3 Å². The summed E-state index contributed by atoms with van der Waals surface area (Å²) < 4.78 is 5.90. The first-order chi connectivity index (χ1) is 8.20. The number of hydrogen-bond acceptors (Lipinski definition) is 3. The molecule has 1 aliphatic carbocycles. The van der Waals surface area contributed by atoms with Crippen LogP contribution in [0.2, 0.25) is 0 Å². The smallest absolute Gasteiger partial charge is 0.120 e. The van der Waals surface area contributed by atoms with Crippen molar-refractivity contribution in [3.63, 3.8) is 0 Å². The van der Waals surface area contributed by atoms with Crippen LogP contribution in [0, 0.1) is 6.92 Å². The normalized spacial score (nSPS) is 16.5. The van der Waals surface area contributed by atoms with Crippen molar-refractivity contribution < 1.29 is 4.42 Å². The molecule has 1 aliphatic rings. The highest BCUT2D eigenvalue weighted by Gasteiger charge is 2.22. The van der Waals surface area contributed by atoms with Gasteiger partial charge in [0.05, 0.1) is 13.1 Å². The van der Waals surface area contributed by atoms with Crippen molar-refractivity contribution in [2.75, 3.05) is 13.6 Å². The van der Waals surface area contributed by atoms with E-state index in [1.54, 1.807) is 0 Å². The molecule has 1 N–H and O–H groups in total. The molecular weight excluding hydrogens is 212 g/mol. The molecule has 0 aromatic carbocycles. The average molecular weight is 236 g/mol. The molecule has 1 aromatic heterocycles. The Balaban J connectivity index is 1.91. The van der Waals surface area contributed by atoms with Crippen molar-refractivity contribution in [1.29, 1.82) is 0 Å². The zero-order valence-corrected chi connectivity index (χ0v) is 11.3. The Hall–Kier alpha value is -0.800. The maximum absolute atomic E-state index is 5.90. The summed E-state index contributed by atoms with van der Waals surface area (Å²) in [5.41, 5.74) is 1.27. The van der Waals surface area contributed by atoms with E-state index < -0.39 is 0 Å². The Kier molecular flexibility index (Phi) is 4.24. The molecule has 0 amide bonds. The average Bonchev–Trinajstić information content (AvgIpc) is 2.53. The fourth-order valence-corrected chi connectivity index (χ4v) is 2.28. The van der Waals surface area contributed by atoms with Crippen LogP contribution in [0.15, 0.2) is 10.5 Å². The van der Waals surface area contributed by atoms with Gasteiger partial charge in [0.25, 0.3) is 0 Å². The molecular formula is C14H24N2O. The highest BCUT2D eigenvalue weighted by molar-refractivity contribution is 5.20. The minimum absolute atomic E-state index is 0.776. The van der Waals surface area contributed by atoms with Crippen molar-refractivity contribution in [1.82, 2.24) is 10.2 Å². The summed E-state index contributed by atoms with van der Waals surface area (Å²) in [6.45, 7) is 7.01. The summed E-state index contributed by atoms with van der Waals surface area (Å²) in [6.07, 6.45) is 4.08. The van der Waals surface area contributed by atoms with Crippen LogP contribution in [-0.2, 0) is 13.1 Å². The fourth-order valence-electron chi connectivity index (χ4n) is 2.28. The largest absolute Gasteiger partial charge is 0.463 e. The Bertz CT molecular complexity index is 355. The molecule has 3 heteroatoms. The van der Waals surface area contributed by atoms with Gasteiger partial charge in [-0.15, -0.1) is 0 Å². The monoisotopic (exact) mass is 236 g/mol. The van der Waals surface area contributed by atoms with Crippen LogP contribution in [0.4, 0.5) is 0 Å². The molecule has 0 unspecified atom stereocenters. The summed E-state index contributed by atoms with van der Waals surface area (Å²) in [5.74, 6) is 2.19. The molecule has 3 nitrogen and oxygen atoms in total. The van der Waals surface area contributed by atoms with Crippen molar-refractivity contribution in [3.05, 3.63) is 23.2 Å². The highest BCUT2D eigenvalue weighted by atomic mass is 16.3. The molecule has 1 aromatic rings. The third-order valence-electron chi connectivity index (χ3n) is 3.71. The van der Waals surface area contributed by atoms with E-state index in [4.69, 9.17) is 4.42 Å². The number of nitrogens with one attached hydrogen (secondary N) is 1. The second-order valence-corrected chi connectivity index (χ2v) is 5.10. The number of rotatable bonds is 6. The summed E-state index contributed by atoms with van der Waals surface area (Å²) in [6, 6.07) is 2.96. The van der Waals surface area contributed by atoms with Crippen LogP contribution in [0.25, 0.3) is 0 Å². The molecule has 17 heavy (non-hydrogen) atoms. The Morgan fingerprint density at radius 2 is 2.24 bits per heavy atom. The van der Waals surface area contributed by atoms with Crippen molar-refractivity contribution in [2.45, 2.75) is 52.2 Å². The lowest BCUT2D eigenvalue weighted by atomic mass is 9.92. The minimum atomic E-state index is 0.776. The molecule has 0 radical (unpaired) electrons. The molecule has 0 bridgehead atoms. The van der Waals surface area contributed by atoms with Gasteiger partial charge in [0.2, 0.25) is 0 Å². The summed E-state index contributed by atoms with van der Waals surface area (Å²) in [4.78, 5) is 2.42. The van der Waals surface area contributed by atoms with E-state index >= 15 is 0 Å². The SMILES string of the molecule is CCNCc1oc(CN(C)C2CCC2)cc1C. The third kappa shape index (κ3) is 3.11. The molecule has 2 rings (SSSR count). The second kappa shape index (κ2) is 5.69. The summed E-state index contributed by atoms with van der Waals surface area (Å²) in [7, 11) is 2.20. The maximum atomic E-state index is 5.90. The van der Waals surface area contributed by atoms with Gasteiger partial charge in [-0.05, 0) is 45.0 Å². The van der Waals surface area contributed by atoms with Crippen LogP contribution < -0.4 is 5.32 Å². The molecule has 0 aliphatic heterocycles. The van der Waals surface area contributed by atoms with E-state index in [9.17, 15) is 0 Å². The van der Waals surface area contributed by atoms with Gasteiger partial charge in [0, 0.05) is 6.04 Å². The zero-order chi connectivity index (χ0) is 12.3. The summed E-state index contributed by atoms with van der Waals surface area (Å²) >= 11 is 0. The van der Waals surface area contributed by atoms with Crippen molar-refractivity contribution in [2.24, 2.45) is 0 Å². The van der Waals surface area contributed by atoms with Crippen LogP contribution >= 0.6 is 0 Å². The Morgan fingerprint density at radius 3 is 2.82 bits per heavy atom. The van der Waals surface area contributed by atoms with Gasteiger partial charge < -0.3 is 9.73 Å². The molecule has 0 atom stereocenters. The molecule has 96 valence electrons. The number of aryl methyl sites for hydroxylation is 1. The van der Waals surface area contributed by atoms with Gasteiger partial charge in [-0.25, -0.2) is 0 Å². The predicted octanol–water partition coefficient (Wildman–Crippen LogP) is 2.68. The van der Waals surface area contributed by atoms with Gasteiger partial charge in [-0.3, -0.25) is 4.90 Å². The lowest BCUT2D eigenvalue weighted by Crippen LogP contribution is -2.36. The first-order valence-electron chi connectivity index (χ1n) is 6.70. The lowest BCUT2D eigenvalue weighted by Gasteiger charge is -2.34. The van der Waals surface area contributed by atoms with Crippen LogP contribution in [0.1, 0.15) is 43.3 Å². The fraction of sp³-hybridized carbons (Fsp3) is 0.714. The van der Waals surface area contributed by atoms with Crippen LogP contribution in [0.3, 0.4) is 0 Å². The van der Waals surface area contributed by atoms with Gasteiger partial charge >= 0.3 is 0 Å². The van der Waals surface area contributed by atoms with E-state index in [0.29, 0.717) is 0 Å². The second-order valence-electron chi connectivity index (χ2n) is 5.10. The Labute approximate surface area is 104 Å². The van der Waals surface area contributed by atoms with Crippen LogP contribution in [0.5, 0.6) is 0 Å². The van der Waals surface area contributed by atoms with E-state index in [1.165, 1.54) is 24.8 Å². The third-order valence-corrected chi connectivity index (χ3v) is 3.71. The molecule has 0 saturated heterocycles. The van der Waals surface area contributed by atoms with Gasteiger partial charge in [0.15, 0.2) is 0 Å². The van der Waals surface area contributed by atoms with Crippen molar-refractivity contribution in [3.8, 4) is 0 Å². The quantitative estimate of drug-likeness (QED) is 0.823. The first kappa shape index (κ1) is 12.7. The van der Waals surface area contributed by atoms with Gasteiger partial charge in [-0.2, -0.15) is 0 Å². The van der Waals surface area contributed by atoms with E-state index in [2.05, 4.69) is 37.2 Å². The zero-order valence-electron chi connectivity index (χ0n) is 11.3. The lowest BCUT2D eigenvalue weighted by molar-refractivity contribution is 0.142. The molecule has 1 fully saturated rings. The number of hydrogen-bond donors (Lipinski definition) is 1. The van der Waals surface area contributed by atoms with E-state index in [-0.39, 0.29) is 0 Å². The van der Waals surface area contributed by atoms with E-state index in [1.807, 2.05) is 0 Å². The molecule has 1 saturated carbocycles. The Morgan fingerprint density at radius 1 is 1.47 bits per heavy atom. The molecule has 0 spiro atoms. The number of furan rings is 1.